The maximum absolute atomic E-state index is 12.4. The highest BCUT2D eigenvalue weighted by molar-refractivity contribution is 5.93. The fraction of sp³-hybridized carbons (Fsp3) is 0.346. The average molecular weight is 580 g/mol. The first kappa shape index (κ1) is 31.3. The van der Waals surface area contributed by atoms with E-state index in [0.29, 0.717) is 5.56 Å². The smallest absolute Gasteiger partial charge is 0.348 e. The number of rotatable bonds is 11. The Morgan fingerprint density at radius 3 is 2.17 bits per heavy atom. The molecule has 3 rings (SSSR count). The van der Waals surface area contributed by atoms with E-state index in [-0.39, 0.29) is 11.3 Å². The van der Waals surface area contributed by atoms with Gasteiger partial charge in [0.1, 0.15) is 30.2 Å². The Morgan fingerprint density at radius 2 is 1.61 bits per heavy atom. The Balaban J connectivity index is 1.68. The van der Waals surface area contributed by atoms with Crippen LogP contribution in [0.3, 0.4) is 0 Å². The van der Waals surface area contributed by atoms with Crippen molar-refractivity contribution in [2.24, 2.45) is 0 Å². The van der Waals surface area contributed by atoms with Crippen molar-refractivity contribution in [2.75, 3.05) is 6.61 Å². The van der Waals surface area contributed by atoms with Crippen molar-refractivity contribution in [2.45, 2.75) is 48.8 Å². The molecule has 41 heavy (non-hydrogen) atoms. The van der Waals surface area contributed by atoms with Crippen LogP contribution in [0.25, 0.3) is 6.08 Å². The van der Waals surface area contributed by atoms with Gasteiger partial charge in [-0.1, -0.05) is 18.2 Å². The van der Waals surface area contributed by atoms with Gasteiger partial charge in [-0.15, -0.1) is 0 Å². The van der Waals surface area contributed by atoms with Gasteiger partial charge in [-0.25, -0.2) is 14.4 Å². The van der Waals surface area contributed by atoms with Gasteiger partial charge in [-0.05, 0) is 41.5 Å². The summed E-state index contributed by atoms with van der Waals surface area (Å²) in [6.45, 7) is -0.641. The molecule has 1 saturated heterocycles. The summed E-state index contributed by atoms with van der Waals surface area (Å²) < 4.78 is 15.5. The highest BCUT2D eigenvalue weighted by atomic mass is 16.7. The molecular formula is C26H28O15. The molecule has 222 valence electrons. The maximum Gasteiger partial charge on any atom is 0.348 e. The molecule has 15 heteroatoms. The van der Waals surface area contributed by atoms with Crippen LogP contribution < -0.4 is 4.74 Å². The summed E-state index contributed by atoms with van der Waals surface area (Å²) in [5.74, 6) is -6.35. The highest BCUT2D eigenvalue weighted by Gasteiger charge is 2.51. The van der Waals surface area contributed by atoms with Crippen molar-refractivity contribution in [3.05, 3.63) is 59.7 Å². The van der Waals surface area contributed by atoms with Crippen LogP contribution in [0.1, 0.15) is 11.1 Å². The van der Waals surface area contributed by atoms with Gasteiger partial charge in [0.25, 0.3) is 0 Å². The molecule has 1 fully saturated rings. The van der Waals surface area contributed by atoms with E-state index in [9.17, 15) is 60.3 Å². The molecule has 2 aromatic carbocycles. The number of carbonyl (C=O) groups excluding carboxylic acids is 1. The minimum Gasteiger partial charge on any atom is -0.504 e. The van der Waals surface area contributed by atoms with Gasteiger partial charge >= 0.3 is 17.9 Å². The molecule has 9 N–H and O–H groups in total. The number of phenolic OH excluding ortho intramolecular Hbond substituents is 2. The fourth-order valence-electron chi connectivity index (χ4n) is 3.90. The monoisotopic (exact) mass is 580 g/mol. The van der Waals surface area contributed by atoms with Crippen LogP contribution >= 0.6 is 0 Å². The normalized spacial score (nSPS) is 24.8. The lowest BCUT2D eigenvalue weighted by Crippen LogP contribution is -2.60. The van der Waals surface area contributed by atoms with Crippen molar-refractivity contribution in [1.82, 2.24) is 0 Å². The first-order valence-corrected chi connectivity index (χ1v) is 11.9. The standard InChI is InChI=1S/C26H28O15/c27-11-17-19(31)20(32)21(33)24(40-17)39-14-5-1-12(2-6-14)4-8-18(30)41-22(23(34)35)26(38,25(36)37)10-13-3-7-15(28)16(29)9-13/h1-9,17,19-22,24,27-29,31-33,38H,10-11H2,(H,34,35)(H,36,37)/b8-4-/t17?,19?,20-,21+,22-,24+,26-/m1/s1. The quantitative estimate of drug-likeness (QED) is 0.0818. The Hall–Kier alpha value is -4.25. The highest BCUT2D eigenvalue weighted by Crippen LogP contribution is 2.29. The predicted octanol–water partition coefficient (Wildman–Crippen LogP) is -1.66. The Kier molecular flexibility index (Phi) is 9.88. The zero-order valence-electron chi connectivity index (χ0n) is 21.0. The minimum absolute atomic E-state index is 0.0749. The van der Waals surface area contributed by atoms with Gasteiger partial charge in [0.05, 0.1) is 6.61 Å². The third kappa shape index (κ3) is 7.29. The van der Waals surface area contributed by atoms with Crippen LogP contribution in [0.2, 0.25) is 0 Å². The number of aliphatic hydroxyl groups is 5. The third-order valence-corrected chi connectivity index (χ3v) is 6.17. The Morgan fingerprint density at radius 1 is 0.951 bits per heavy atom. The van der Waals surface area contributed by atoms with E-state index >= 15 is 0 Å². The first-order valence-electron chi connectivity index (χ1n) is 11.9. The van der Waals surface area contributed by atoms with Gasteiger partial charge in [-0.3, -0.25) is 0 Å². The Bertz CT molecular complexity index is 1270. The van der Waals surface area contributed by atoms with Crippen molar-refractivity contribution in [3.63, 3.8) is 0 Å². The van der Waals surface area contributed by atoms with E-state index in [0.717, 1.165) is 24.3 Å². The molecule has 0 aromatic heterocycles. The molecule has 7 atom stereocenters. The third-order valence-electron chi connectivity index (χ3n) is 6.17. The molecule has 0 spiro atoms. The molecule has 0 aliphatic carbocycles. The summed E-state index contributed by atoms with van der Waals surface area (Å²) in [6, 6.07) is 8.64. The topological polar surface area (TPSA) is 261 Å². The Labute approximate surface area is 231 Å². The van der Waals surface area contributed by atoms with Crippen LogP contribution in [-0.2, 0) is 30.3 Å². The number of phenols is 2. The van der Waals surface area contributed by atoms with Crippen molar-refractivity contribution in [3.8, 4) is 17.2 Å². The lowest BCUT2D eigenvalue weighted by molar-refractivity contribution is -0.277. The minimum atomic E-state index is -3.15. The number of benzene rings is 2. The number of esters is 1. The molecule has 0 amide bonds. The number of aliphatic hydroxyl groups excluding tert-OH is 4. The zero-order valence-corrected chi connectivity index (χ0v) is 21.0. The second kappa shape index (κ2) is 12.9. The van der Waals surface area contributed by atoms with Gasteiger partial charge in [0.2, 0.25) is 18.0 Å². The van der Waals surface area contributed by atoms with Crippen molar-refractivity contribution in [1.29, 1.82) is 0 Å². The number of hydrogen-bond donors (Lipinski definition) is 9. The van der Waals surface area contributed by atoms with Gasteiger partial charge in [0.15, 0.2) is 11.5 Å². The average Bonchev–Trinajstić information content (AvgIpc) is 2.93. The summed E-state index contributed by atoms with van der Waals surface area (Å²) in [4.78, 5) is 36.0. The van der Waals surface area contributed by atoms with Crippen molar-refractivity contribution < 1.29 is 74.6 Å². The van der Waals surface area contributed by atoms with Gasteiger partial charge < -0.3 is 60.2 Å². The molecule has 0 saturated carbocycles. The number of ether oxygens (including phenoxy) is 3. The SMILES string of the molecule is O=C(/C=C\c1ccc(O[C@H]2OC(CO)C(O)[C@@H](O)[C@@H]2O)cc1)O[C@H](C(=O)O)[C@](O)(Cc1ccc(O)c(O)c1)C(=O)O. The lowest BCUT2D eigenvalue weighted by Gasteiger charge is -2.39. The fourth-order valence-corrected chi connectivity index (χ4v) is 3.90. The summed E-state index contributed by atoms with van der Waals surface area (Å²) in [5.41, 5.74) is -2.88. The van der Waals surface area contributed by atoms with Crippen molar-refractivity contribution >= 4 is 24.0 Å². The molecule has 1 aliphatic rings. The lowest BCUT2D eigenvalue weighted by atomic mass is 9.88. The second-order valence-electron chi connectivity index (χ2n) is 9.10. The van der Waals surface area contributed by atoms with Crippen LogP contribution in [0, 0.1) is 0 Å². The molecule has 2 aromatic rings. The van der Waals surface area contributed by atoms with E-state index in [1.165, 1.54) is 30.3 Å². The number of carbonyl (C=O) groups is 3. The van der Waals surface area contributed by atoms with E-state index < -0.39 is 84.8 Å². The molecule has 0 bridgehead atoms. The van der Waals surface area contributed by atoms with Gasteiger partial charge in [0, 0.05) is 12.5 Å². The first-order chi connectivity index (χ1) is 19.3. The summed E-state index contributed by atoms with van der Waals surface area (Å²) in [7, 11) is 0. The van der Waals surface area contributed by atoms with Crippen LogP contribution in [0.4, 0.5) is 0 Å². The van der Waals surface area contributed by atoms with Crippen LogP contribution in [0.5, 0.6) is 17.2 Å². The largest absolute Gasteiger partial charge is 0.504 e. The molecule has 0 radical (unpaired) electrons. The molecule has 2 unspecified atom stereocenters. The molecule has 15 nitrogen and oxygen atoms in total. The predicted molar refractivity (Wildman–Crippen MR) is 133 cm³/mol. The summed E-state index contributed by atoms with van der Waals surface area (Å²) in [6.07, 6.45) is -8.94. The second-order valence-corrected chi connectivity index (χ2v) is 9.10. The van der Waals surface area contributed by atoms with Crippen LogP contribution in [-0.4, -0.2) is 113 Å². The van der Waals surface area contributed by atoms with E-state index in [1.54, 1.807) is 0 Å². The van der Waals surface area contributed by atoms with Crippen LogP contribution in [0.15, 0.2) is 48.5 Å². The van der Waals surface area contributed by atoms with E-state index in [4.69, 9.17) is 14.2 Å². The zero-order chi connectivity index (χ0) is 30.5. The van der Waals surface area contributed by atoms with E-state index in [1.807, 2.05) is 0 Å². The number of aliphatic carboxylic acids is 2. The molecular weight excluding hydrogens is 552 g/mol. The summed E-state index contributed by atoms with van der Waals surface area (Å²) >= 11 is 0. The maximum atomic E-state index is 12.4. The van der Waals surface area contributed by atoms with E-state index in [2.05, 4.69) is 0 Å². The number of aromatic hydroxyl groups is 2. The number of hydrogen-bond acceptors (Lipinski definition) is 13. The van der Waals surface area contributed by atoms with Gasteiger partial charge in [-0.2, -0.15) is 0 Å². The summed E-state index contributed by atoms with van der Waals surface area (Å²) in [5, 5.41) is 87.8. The molecule has 1 heterocycles. The molecule has 1 aliphatic heterocycles. The number of carboxylic acid groups (broad SMARTS) is 2. The number of carboxylic acids is 2.